The van der Waals surface area contributed by atoms with Gasteiger partial charge in [-0.15, -0.1) is 0 Å². The molecule has 1 rings (SSSR count). The minimum Gasteiger partial charge on any atom is -0.389 e. The van der Waals surface area contributed by atoms with Crippen LogP contribution in [0.5, 0.6) is 0 Å². The zero-order valence-electron chi connectivity index (χ0n) is 10.9. The largest absolute Gasteiger partial charge is 0.389 e. The van der Waals surface area contributed by atoms with Crippen molar-refractivity contribution < 1.29 is 13.5 Å². The maximum absolute atomic E-state index is 11.7. The van der Waals surface area contributed by atoms with E-state index in [0.29, 0.717) is 25.2 Å². The topological polar surface area (TPSA) is 66.4 Å². The SMILES string of the molecule is CC(C)CCS(=O)(=O)NCC1(O)CCCCC1. The summed E-state index contributed by atoms with van der Waals surface area (Å²) >= 11 is 0. The molecular formula is C12H25NO3S. The highest BCUT2D eigenvalue weighted by Gasteiger charge is 2.30. The fourth-order valence-electron chi connectivity index (χ4n) is 2.09. The Kier molecular flexibility index (Phi) is 5.41. The first-order valence-corrected chi connectivity index (χ1v) is 8.18. The van der Waals surface area contributed by atoms with Crippen LogP contribution >= 0.6 is 0 Å². The minimum absolute atomic E-state index is 0.154. The van der Waals surface area contributed by atoms with Gasteiger partial charge in [0.25, 0.3) is 0 Å². The van der Waals surface area contributed by atoms with E-state index < -0.39 is 15.6 Å². The molecule has 0 aromatic rings. The van der Waals surface area contributed by atoms with Crippen molar-refractivity contribution in [1.82, 2.24) is 4.72 Å². The minimum atomic E-state index is -3.22. The van der Waals surface area contributed by atoms with Gasteiger partial charge in [-0.25, -0.2) is 13.1 Å². The van der Waals surface area contributed by atoms with Gasteiger partial charge >= 0.3 is 0 Å². The Morgan fingerprint density at radius 1 is 1.24 bits per heavy atom. The molecule has 0 unspecified atom stereocenters. The van der Waals surface area contributed by atoms with E-state index in [1.807, 2.05) is 13.8 Å². The Morgan fingerprint density at radius 2 is 1.82 bits per heavy atom. The van der Waals surface area contributed by atoms with Crippen LogP contribution < -0.4 is 4.72 Å². The Hall–Kier alpha value is -0.130. The normalized spacial score (nSPS) is 20.7. The Bertz CT molecular complexity index is 319. The molecule has 1 saturated carbocycles. The summed E-state index contributed by atoms with van der Waals surface area (Å²) in [6.07, 6.45) is 5.20. The summed E-state index contributed by atoms with van der Waals surface area (Å²) in [6.45, 7) is 4.18. The molecule has 0 spiro atoms. The maximum Gasteiger partial charge on any atom is 0.211 e. The second-order valence-corrected chi connectivity index (χ2v) is 7.53. The van der Waals surface area contributed by atoms with Crippen molar-refractivity contribution in [2.45, 2.75) is 58.0 Å². The lowest BCUT2D eigenvalue weighted by molar-refractivity contribution is 0.00945. The molecule has 0 heterocycles. The maximum atomic E-state index is 11.7. The number of hydrogen-bond acceptors (Lipinski definition) is 3. The second-order valence-electron chi connectivity index (χ2n) is 5.61. The first-order chi connectivity index (χ1) is 7.83. The van der Waals surface area contributed by atoms with Gasteiger partial charge in [0.2, 0.25) is 10.0 Å². The van der Waals surface area contributed by atoms with Gasteiger partial charge in [-0.3, -0.25) is 0 Å². The molecule has 0 bridgehead atoms. The number of nitrogens with one attached hydrogen (secondary N) is 1. The smallest absolute Gasteiger partial charge is 0.211 e. The van der Waals surface area contributed by atoms with Crippen LogP contribution in [-0.2, 0) is 10.0 Å². The fraction of sp³-hybridized carbons (Fsp3) is 1.00. The van der Waals surface area contributed by atoms with Crippen molar-refractivity contribution >= 4 is 10.0 Å². The molecule has 2 N–H and O–H groups in total. The van der Waals surface area contributed by atoms with Gasteiger partial charge < -0.3 is 5.11 Å². The van der Waals surface area contributed by atoms with E-state index in [9.17, 15) is 13.5 Å². The highest BCUT2D eigenvalue weighted by Crippen LogP contribution is 2.27. The molecule has 17 heavy (non-hydrogen) atoms. The molecule has 0 aliphatic heterocycles. The van der Waals surface area contributed by atoms with E-state index in [-0.39, 0.29) is 12.3 Å². The predicted octanol–water partition coefficient (Wildman–Crippen LogP) is 1.65. The van der Waals surface area contributed by atoms with Crippen LogP contribution in [0.15, 0.2) is 0 Å². The van der Waals surface area contributed by atoms with Gasteiger partial charge in [-0.1, -0.05) is 33.1 Å². The standard InChI is InChI=1S/C12H25NO3S/c1-11(2)6-9-17(15,16)13-10-12(14)7-4-3-5-8-12/h11,13-14H,3-10H2,1-2H3. The predicted molar refractivity (Wildman–Crippen MR) is 69.3 cm³/mol. The lowest BCUT2D eigenvalue weighted by Gasteiger charge is -2.32. The van der Waals surface area contributed by atoms with Crippen LogP contribution in [-0.4, -0.2) is 31.4 Å². The van der Waals surface area contributed by atoms with Gasteiger partial charge in [-0.05, 0) is 25.2 Å². The zero-order chi connectivity index (χ0) is 12.9. The molecule has 1 aliphatic rings. The lowest BCUT2D eigenvalue weighted by Crippen LogP contribution is -2.44. The van der Waals surface area contributed by atoms with Gasteiger partial charge in [0.1, 0.15) is 0 Å². The van der Waals surface area contributed by atoms with Crippen molar-refractivity contribution in [3.63, 3.8) is 0 Å². The number of aliphatic hydroxyl groups is 1. The molecule has 0 radical (unpaired) electrons. The lowest BCUT2D eigenvalue weighted by atomic mass is 9.85. The highest BCUT2D eigenvalue weighted by molar-refractivity contribution is 7.89. The van der Waals surface area contributed by atoms with Crippen molar-refractivity contribution in [2.75, 3.05) is 12.3 Å². The summed E-state index contributed by atoms with van der Waals surface area (Å²) in [5.74, 6) is 0.533. The molecule has 102 valence electrons. The summed E-state index contributed by atoms with van der Waals surface area (Å²) in [4.78, 5) is 0. The quantitative estimate of drug-likeness (QED) is 0.765. The number of hydrogen-bond donors (Lipinski definition) is 2. The van der Waals surface area contributed by atoms with Crippen LogP contribution in [0.1, 0.15) is 52.4 Å². The second kappa shape index (κ2) is 6.16. The molecule has 0 aromatic carbocycles. The Balaban J connectivity index is 2.37. The van der Waals surface area contributed by atoms with Crippen molar-refractivity contribution in [1.29, 1.82) is 0 Å². The number of rotatable bonds is 6. The van der Waals surface area contributed by atoms with E-state index in [4.69, 9.17) is 0 Å². The van der Waals surface area contributed by atoms with Gasteiger partial charge in [0.05, 0.1) is 11.4 Å². The summed E-state index contributed by atoms with van der Waals surface area (Å²) in [5, 5.41) is 10.2. The molecule has 0 aromatic heterocycles. The molecule has 0 atom stereocenters. The van der Waals surface area contributed by atoms with Crippen LogP contribution in [0.25, 0.3) is 0 Å². The summed E-state index contributed by atoms with van der Waals surface area (Å²) in [6, 6.07) is 0. The van der Waals surface area contributed by atoms with Crippen LogP contribution in [0.3, 0.4) is 0 Å². The zero-order valence-corrected chi connectivity index (χ0v) is 11.7. The van der Waals surface area contributed by atoms with E-state index in [0.717, 1.165) is 19.3 Å². The third-order valence-electron chi connectivity index (χ3n) is 3.37. The molecule has 5 heteroatoms. The third-order valence-corrected chi connectivity index (χ3v) is 4.73. The molecule has 0 saturated heterocycles. The van der Waals surface area contributed by atoms with Gasteiger partial charge in [0.15, 0.2) is 0 Å². The van der Waals surface area contributed by atoms with E-state index in [1.165, 1.54) is 0 Å². The molecule has 4 nitrogen and oxygen atoms in total. The Morgan fingerprint density at radius 3 is 2.35 bits per heavy atom. The van der Waals surface area contributed by atoms with Crippen molar-refractivity contribution in [3.05, 3.63) is 0 Å². The van der Waals surface area contributed by atoms with Crippen LogP contribution in [0.4, 0.5) is 0 Å². The average Bonchev–Trinajstić information content (AvgIpc) is 2.26. The Labute approximate surface area is 105 Å². The van der Waals surface area contributed by atoms with E-state index >= 15 is 0 Å². The van der Waals surface area contributed by atoms with Crippen LogP contribution in [0, 0.1) is 5.92 Å². The van der Waals surface area contributed by atoms with Gasteiger partial charge in [0, 0.05) is 6.54 Å². The summed E-state index contributed by atoms with van der Waals surface area (Å²) < 4.78 is 25.9. The van der Waals surface area contributed by atoms with Gasteiger partial charge in [-0.2, -0.15) is 0 Å². The molecular weight excluding hydrogens is 238 g/mol. The average molecular weight is 263 g/mol. The van der Waals surface area contributed by atoms with E-state index in [2.05, 4.69) is 4.72 Å². The van der Waals surface area contributed by atoms with Crippen molar-refractivity contribution in [3.8, 4) is 0 Å². The van der Waals surface area contributed by atoms with Crippen molar-refractivity contribution in [2.24, 2.45) is 5.92 Å². The van der Waals surface area contributed by atoms with Crippen LogP contribution in [0.2, 0.25) is 0 Å². The third kappa shape index (κ3) is 5.84. The first kappa shape index (κ1) is 14.9. The fourth-order valence-corrected chi connectivity index (χ4v) is 3.51. The van der Waals surface area contributed by atoms with E-state index in [1.54, 1.807) is 0 Å². The highest BCUT2D eigenvalue weighted by atomic mass is 32.2. The molecule has 1 fully saturated rings. The summed E-state index contributed by atoms with van der Waals surface area (Å²) in [7, 11) is -3.22. The molecule has 0 amide bonds. The number of sulfonamides is 1. The summed E-state index contributed by atoms with van der Waals surface area (Å²) in [5.41, 5.74) is -0.816. The first-order valence-electron chi connectivity index (χ1n) is 6.53. The monoisotopic (exact) mass is 263 g/mol. The molecule has 1 aliphatic carbocycles.